The van der Waals surface area contributed by atoms with Crippen molar-refractivity contribution in [1.82, 2.24) is 4.90 Å². The molecule has 0 aliphatic carbocycles. The average Bonchev–Trinajstić information content (AvgIpc) is 2.65. The average molecular weight is 224 g/mol. The number of hydrogen-bond acceptors (Lipinski definition) is 1. The monoisotopic (exact) mass is 224 g/mol. The normalized spacial score (nSPS) is 20.6. The molecule has 1 heterocycles. The first-order valence-corrected chi connectivity index (χ1v) is 5.41. The zero-order chi connectivity index (χ0) is 10.8. The van der Waals surface area contributed by atoms with Crippen molar-refractivity contribution in [1.29, 1.82) is 0 Å². The number of halogens is 1. The minimum atomic E-state index is -0.206. The fourth-order valence-corrected chi connectivity index (χ4v) is 2.31. The van der Waals surface area contributed by atoms with E-state index in [2.05, 4.69) is 0 Å². The highest BCUT2D eigenvalue weighted by atomic mass is 32.1. The second-order valence-electron chi connectivity index (χ2n) is 3.74. The summed E-state index contributed by atoms with van der Waals surface area (Å²) < 4.78 is 13.1. The first kappa shape index (κ1) is 10.4. The summed E-state index contributed by atoms with van der Waals surface area (Å²) in [4.78, 5) is 1.96. The molecule has 0 spiro atoms. The highest BCUT2D eigenvalue weighted by Crippen LogP contribution is 2.31. The molecule has 1 aliphatic heterocycles. The number of hydrogen-bond donors (Lipinski definition) is 1. The fraction of sp³-hybridized carbons (Fsp3) is 0.364. The minimum absolute atomic E-state index is 0.151. The maximum absolute atomic E-state index is 13.1. The van der Waals surface area contributed by atoms with Crippen LogP contribution in [-0.4, -0.2) is 16.6 Å². The molecule has 0 radical (unpaired) electrons. The molecule has 2 nitrogen and oxygen atoms in total. The molecular weight excluding hydrogens is 211 g/mol. The zero-order valence-corrected chi connectivity index (χ0v) is 9.14. The van der Waals surface area contributed by atoms with E-state index in [1.165, 1.54) is 6.07 Å². The van der Waals surface area contributed by atoms with Gasteiger partial charge in [0, 0.05) is 6.54 Å². The van der Waals surface area contributed by atoms with Gasteiger partial charge in [-0.15, -0.1) is 0 Å². The Labute approximate surface area is 93.9 Å². The van der Waals surface area contributed by atoms with Crippen molar-refractivity contribution >= 4 is 17.3 Å². The number of rotatable bonds is 1. The predicted molar refractivity (Wildman–Crippen MR) is 61.9 cm³/mol. The Balaban J connectivity index is 2.26. The maximum Gasteiger partial charge on any atom is 0.166 e. The second-order valence-corrected chi connectivity index (χ2v) is 4.16. The molecule has 0 bridgehead atoms. The molecule has 0 saturated carbocycles. The zero-order valence-electron chi connectivity index (χ0n) is 8.32. The van der Waals surface area contributed by atoms with Crippen LogP contribution >= 0.6 is 12.2 Å². The SMILES string of the molecule is NC(=S)N1CCC[C@@H]1c1cccc(F)c1. The smallest absolute Gasteiger partial charge is 0.166 e. The quantitative estimate of drug-likeness (QED) is 0.742. The van der Waals surface area contributed by atoms with Gasteiger partial charge in [-0.2, -0.15) is 0 Å². The van der Waals surface area contributed by atoms with Crippen molar-refractivity contribution in [2.24, 2.45) is 5.73 Å². The van der Waals surface area contributed by atoms with Gasteiger partial charge in [0.05, 0.1) is 6.04 Å². The van der Waals surface area contributed by atoms with Gasteiger partial charge in [-0.1, -0.05) is 12.1 Å². The Morgan fingerprint density at radius 3 is 3.00 bits per heavy atom. The first-order chi connectivity index (χ1) is 7.18. The Morgan fingerprint density at radius 2 is 2.33 bits per heavy atom. The van der Waals surface area contributed by atoms with Gasteiger partial charge in [0.25, 0.3) is 0 Å². The maximum atomic E-state index is 13.1. The van der Waals surface area contributed by atoms with Gasteiger partial charge in [-0.05, 0) is 42.8 Å². The number of nitrogens with two attached hydrogens (primary N) is 1. The van der Waals surface area contributed by atoms with Crippen LogP contribution in [0, 0.1) is 5.82 Å². The van der Waals surface area contributed by atoms with Crippen LogP contribution in [0.2, 0.25) is 0 Å². The topological polar surface area (TPSA) is 29.3 Å². The second kappa shape index (κ2) is 4.14. The summed E-state index contributed by atoms with van der Waals surface area (Å²) in [6.07, 6.45) is 2.04. The Bertz CT molecular complexity index is 381. The molecule has 15 heavy (non-hydrogen) atoms. The van der Waals surface area contributed by atoms with Crippen LogP contribution in [0.5, 0.6) is 0 Å². The molecule has 0 aromatic heterocycles. The summed E-state index contributed by atoms with van der Waals surface area (Å²) in [6.45, 7) is 0.872. The predicted octanol–water partition coefficient (Wildman–Crippen LogP) is 2.21. The third-order valence-electron chi connectivity index (χ3n) is 2.77. The molecule has 2 N–H and O–H groups in total. The molecule has 1 aliphatic rings. The van der Waals surface area contributed by atoms with Crippen molar-refractivity contribution < 1.29 is 4.39 Å². The first-order valence-electron chi connectivity index (χ1n) is 5.00. The van der Waals surface area contributed by atoms with Crippen molar-refractivity contribution in [3.05, 3.63) is 35.6 Å². The molecular formula is C11H13FN2S. The van der Waals surface area contributed by atoms with E-state index in [9.17, 15) is 4.39 Å². The van der Waals surface area contributed by atoms with E-state index in [0.29, 0.717) is 5.11 Å². The van der Waals surface area contributed by atoms with E-state index in [1.54, 1.807) is 12.1 Å². The van der Waals surface area contributed by atoms with E-state index in [-0.39, 0.29) is 11.9 Å². The number of nitrogens with zero attached hydrogens (tertiary/aromatic N) is 1. The van der Waals surface area contributed by atoms with Gasteiger partial charge in [-0.25, -0.2) is 4.39 Å². The summed E-state index contributed by atoms with van der Waals surface area (Å²) in [5.74, 6) is -0.206. The molecule has 0 unspecified atom stereocenters. The summed E-state index contributed by atoms with van der Waals surface area (Å²) in [7, 11) is 0. The van der Waals surface area contributed by atoms with E-state index in [4.69, 9.17) is 18.0 Å². The van der Waals surface area contributed by atoms with Gasteiger partial charge in [0.2, 0.25) is 0 Å². The van der Waals surface area contributed by atoms with Gasteiger partial charge < -0.3 is 10.6 Å². The van der Waals surface area contributed by atoms with Crippen LogP contribution in [0.3, 0.4) is 0 Å². The molecule has 1 fully saturated rings. The Hall–Kier alpha value is -1.16. The Kier molecular flexibility index (Phi) is 2.86. The van der Waals surface area contributed by atoms with Crippen molar-refractivity contribution in [3.63, 3.8) is 0 Å². The summed E-state index contributed by atoms with van der Waals surface area (Å²) in [5.41, 5.74) is 6.59. The molecule has 1 saturated heterocycles. The number of thiocarbonyl (C=S) groups is 1. The Morgan fingerprint density at radius 1 is 1.53 bits per heavy atom. The van der Waals surface area contributed by atoms with Crippen LogP contribution in [0.15, 0.2) is 24.3 Å². The molecule has 0 amide bonds. The van der Waals surface area contributed by atoms with Crippen LogP contribution in [0.4, 0.5) is 4.39 Å². The van der Waals surface area contributed by atoms with Crippen molar-refractivity contribution in [3.8, 4) is 0 Å². The molecule has 1 atom stereocenters. The molecule has 2 rings (SSSR count). The molecule has 1 aromatic rings. The van der Waals surface area contributed by atoms with Crippen LogP contribution in [0.1, 0.15) is 24.4 Å². The van der Waals surface area contributed by atoms with E-state index < -0.39 is 0 Å². The van der Waals surface area contributed by atoms with E-state index >= 15 is 0 Å². The van der Waals surface area contributed by atoms with E-state index in [0.717, 1.165) is 24.9 Å². The number of likely N-dealkylation sites (tertiary alicyclic amines) is 1. The standard InChI is InChI=1S/C11H13FN2S/c12-9-4-1-3-8(7-9)10-5-2-6-14(10)11(13)15/h1,3-4,7,10H,2,5-6H2,(H2,13,15)/t10-/m1/s1. The third kappa shape index (κ3) is 2.09. The largest absolute Gasteiger partial charge is 0.376 e. The van der Waals surface area contributed by atoms with Crippen molar-refractivity contribution in [2.45, 2.75) is 18.9 Å². The summed E-state index contributed by atoms with van der Waals surface area (Å²) in [6, 6.07) is 6.80. The number of benzene rings is 1. The lowest BCUT2D eigenvalue weighted by Crippen LogP contribution is -2.34. The van der Waals surface area contributed by atoms with Crippen LogP contribution < -0.4 is 5.73 Å². The van der Waals surface area contributed by atoms with Crippen LogP contribution in [-0.2, 0) is 0 Å². The molecule has 80 valence electrons. The van der Waals surface area contributed by atoms with Gasteiger partial charge >= 0.3 is 0 Å². The summed E-state index contributed by atoms with van der Waals surface area (Å²) >= 11 is 4.98. The lowest BCUT2D eigenvalue weighted by Gasteiger charge is -2.25. The van der Waals surface area contributed by atoms with Gasteiger partial charge in [0.15, 0.2) is 5.11 Å². The van der Waals surface area contributed by atoms with Crippen LogP contribution in [0.25, 0.3) is 0 Å². The summed E-state index contributed by atoms with van der Waals surface area (Å²) in [5, 5.41) is 0.404. The lowest BCUT2D eigenvalue weighted by molar-refractivity contribution is 0.402. The fourth-order valence-electron chi connectivity index (χ4n) is 2.09. The van der Waals surface area contributed by atoms with E-state index in [1.807, 2.05) is 11.0 Å². The highest BCUT2D eigenvalue weighted by Gasteiger charge is 2.26. The van der Waals surface area contributed by atoms with Crippen molar-refractivity contribution in [2.75, 3.05) is 6.54 Å². The van der Waals surface area contributed by atoms with Gasteiger partial charge in [-0.3, -0.25) is 0 Å². The van der Waals surface area contributed by atoms with Gasteiger partial charge in [0.1, 0.15) is 5.82 Å². The third-order valence-corrected chi connectivity index (χ3v) is 3.00. The minimum Gasteiger partial charge on any atom is -0.376 e. The lowest BCUT2D eigenvalue weighted by atomic mass is 10.0. The highest BCUT2D eigenvalue weighted by molar-refractivity contribution is 7.80. The molecule has 4 heteroatoms. The molecule has 1 aromatic carbocycles.